The van der Waals surface area contributed by atoms with E-state index in [9.17, 15) is 0 Å². The number of rotatable bonds is 2. The smallest absolute Gasteiger partial charge is 0.144 e. The zero-order chi connectivity index (χ0) is 13.3. The second-order valence-electron chi connectivity index (χ2n) is 5.18. The highest BCUT2D eigenvalue weighted by Crippen LogP contribution is 2.28. The van der Waals surface area contributed by atoms with Gasteiger partial charge in [-0.25, -0.2) is 4.98 Å². The first-order chi connectivity index (χ1) is 8.38. The Balaban J connectivity index is 2.45. The zero-order valence-electron chi connectivity index (χ0n) is 10.6. The van der Waals surface area contributed by atoms with E-state index in [1.165, 1.54) is 4.88 Å². The van der Waals surface area contributed by atoms with E-state index in [4.69, 9.17) is 12.2 Å². The van der Waals surface area contributed by atoms with E-state index >= 15 is 0 Å². The molecule has 0 radical (unpaired) electrons. The number of hydrogen-bond donors (Lipinski definition) is 1. The van der Waals surface area contributed by atoms with Crippen LogP contribution in [0.5, 0.6) is 0 Å². The molecular weight excluding hydrogens is 328 g/mol. The molecule has 0 fully saturated rings. The van der Waals surface area contributed by atoms with Gasteiger partial charge in [0.2, 0.25) is 0 Å². The van der Waals surface area contributed by atoms with Crippen LogP contribution in [0.1, 0.15) is 37.2 Å². The summed E-state index contributed by atoms with van der Waals surface area (Å²) in [5, 5.41) is 2.08. The van der Waals surface area contributed by atoms with Crippen molar-refractivity contribution in [2.24, 2.45) is 0 Å². The zero-order valence-corrected chi connectivity index (χ0v) is 13.8. The minimum absolute atomic E-state index is 0.0134. The predicted octanol–water partition coefficient (Wildman–Crippen LogP) is 4.85. The average Bonchev–Trinajstić information content (AvgIpc) is 2.74. The van der Waals surface area contributed by atoms with Crippen molar-refractivity contribution in [3.8, 4) is 0 Å². The van der Waals surface area contributed by atoms with Gasteiger partial charge >= 0.3 is 0 Å². The quantitative estimate of drug-likeness (QED) is 0.790. The third-order valence-corrected chi connectivity index (χ3v) is 4.79. The Kier molecular flexibility index (Phi) is 4.04. The maximum Gasteiger partial charge on any atom is 0.144 e. The van der Waals surface area contributed by atoms with Crippen LogP contribution < -0.4 is 0 Å². The first-order valence-electron chi connectivity index (χ1n) is 5.69. The molecule has 1 N–H and O–H groups in total. The topological polar surface area (TPSA) is 28.7 Å². The Hall–Kier alpha value is -0.520. The monoisotopic (exact) mass is 342 g/mol. The average molecular weight is 343 g/mol. The molecule has 0 aliphatic heterocycles. The Labute approximate surface area is 125 Å². The van der Waals surface area contributed by atoms with E-state index in [1.54, 1.807) is 11.3 Å². The SMILES string of the molecule is CC(C)(C)c1[nH]c(Cc2cccs2)nc(=S)c1Br. The van der Waals surface area contributed by atoms with Crippen molar-refractivity contribution in [2.75, 3.05) is 0 Å². The highest BCUT2D eigenvalue weighted by molar-refractivity contribution is 9.10. The van der Waals surface area contributed by atoms with Crippen molar-refractivity contribution in [1.29, 1.82) is 0 Å². The molecule has 2 heterocycles. The maximum absolute atomic E-state index is 5.32. The van der Waals surface area contributed by atoms with Crippen LogP contribution in [0, 0.1) is 4.64 Å². The summed E-state index contributed by atoms with van der Waals surface area (Å²) in [5.74, 6) is 0.926. The number of nitrogens with one attached hydrogen (secondary N) is 1. The fraction of sp³-hybridized carbons (Fsp3) is 0.385. The van der Waals surface area contributed by atoms with Crippen molar-refractivity contribution in [1.82, 2.24) is 9.97 Å². The van der Waals surface area contributed by atoms with E-state index in [2.05, 4.69) is 64.2 Å². The van der Waals surface area contributed by atoms with Crippen LogP contribution in [0.25, 0.3) is 0 Å². The van der Waals surface area contributed by atoms with Gasteiger partial charge in [-0.3, -0.25) is 0 Å². The van der Waals surface area contributed by atoms with Crippen molar-refractivity contribution < 1.29 is 0 Å². The molecule has 2 aromatic heterocycles. The number of H-pyrrole nitrogens is 1. The second kappa shape index (κ2) is 5.23. The largest absolute Gasteiger partial charge is 0.345 e. The first-order valence-corrected chi connectivity index (χ1v) is 7.77. The van der Waals surface area contributed by atoms with Crippen LogP contribution >= 0.6 is 39.5 Å². The molecular formula is C13H15BrN2S2. The lowest BCUT2D eigenvalue weighted by Crippen LogP contribution is -2.17. The van der Waals surface area contributed by atoms with Gasteiger partial charge in [0, 0.05) is 22.4 Å². The molecule has 0 saturated heterocycles. The van der Waals surface area contributed by atoms with Gasteiger partial charge in [0.1, 0.15) is 10.5 Å². The molecule has 2 nitrogen and oxygen atoms in total. The molecule has 2 aromatic rings. The fourth-order valence-electron chi connectivity index (χ4n) is 1.68. The standard InChI is InChI=1S/C13H15BrN2S2/c1-13(2,3)11-10(14)12(17)16-9(15-11)7-8-5-4-6-18-8/h4-6H,7H2,1-3H3,(H,15,16,17). The number of hydrogen-bond acceptors (Lipinski definition) is 3. The predicted molar refractivity (Wildman–Crippen MR) is 82.9 cm³/mol. The van der Waals surface area contributed by atoms with Gasteiger partial charge in [0.15, 0.2) is 0 Å². The van der Waals surface area contributed by atoms with Crippen molar-refractivity contribution >= 4 is 39.5 Å². The van der Waals surface area contributed by atoms with E-state index in [0.717, 1.165) is 22.4 Å². The summed E-state index contributed by atoms with van der Waals surface area (Å²) in [6.07, 6.45) is 0.803. The third-order valence-electron chi connectivity index (χ3n) is 2.58. The van der Waals surface area contributed by atoms with E-state index < -0.39 is 0 Å². The molecule has 0 atom stereocenters. The molecule has 0 aliphatic carbocycles. The summed E-state index contributed by atoms with van der Waals surface area (Å²) in [4.78, 5) is 9.14. The number of aromatic amines is 1. The van der Waals surface area contributed by atoms with Crippen LogP contribution in [-0.2, 0) is 11.8 Å². The first kappa shape index (κ1) is 13.9. The molecule has 0 unspecified atom stereocenters. The van der Waals surface area contributed by atoms with Crippen LogP contribution in [0.4, 0.5) is 0 Å². The highest BCUT2D eigenvalue weighted by atomic mass is 79.9. The summed E-state index contributed by atoms with van der Waals surface area (Å²) in [7, 11) is 0. The number of halogens is 1. The molecule has 0 spiro atoms. The van der Waals surface area contributed by atoms with Gasteiger partial charge in [-0.05, 0) is 27.4 Å². The van der Waals surface area contributed by atoms with Crippen LogP contribution in [-0.4, -0.2) is 9.97 Å². The molecule has 96 valence electrons. The summed E-state index contributed by atoms with van der Waals surface area (Å²) in [5.41, 5.74) is 1.12. The van der Waals surface area contributed by atoms with Crippen LogP contribution in [0.2, 0.25) is 0 Å². The summed E-state index contributed by atoms with van der Waals surface area (Å²) in [6, 6.07) is 4.17. The summed E-state index contributed by atoms with van der Waals surface area (Å²) in [6.45, 7) is 6.48. The molecule has 5 heteroatoms. The molecule has 0 aromatic carbocycles. The lowest BCUT2D eigenvalue weighted by atomic mass is 9.92. The van der Waals surface area contributed by atoms with Gasteiger partial charge in [-0.1, -0.05) is 39.1 Å². The maximum atomic E-state index is 5.32. The Morgan fingerprint density at radius 2 is 2.17 bits per heavy atom. The van der Waals surface area contributed by atoms with Gasteiger partial charge in [0.25, 0.3) is 0 Å². The normalized spacial score (nSPS) is 11.8. The molecule has 0 bridgehead atoms. The molecule has 0 aliphatic rings. The van der Waals surface area contributed by atoms with E-state index in [0.29, 0.717) is 4.64 Å². The molecule has 2 rings (SSSR count). The van der Waals surface area contributed by atoms with Crippen molar-refractivity contribution in [3.05, 3.63) is 43.0 Å². The van der Waals surface area contributed by atoms with Crippen LogP contribution in [0.3, 0.4) is 0 Å². The molecule has 18 heavy (non-hydrogen) atoms. The van der Waals surface area contributed by atoms with Gasteiger partial charge < -0.3 is 4.98 Å². The van der Waals surface area contributed by atoms with E-state index in [1.807, 2.05) is 0 Å². The Bertz CT molecular complexity index is 594. The van der Waals surface area contributed by atoms with Gasteiger partial charge in [0.05, 0.1) is 4.47 Å². The number of aromatic nitrogens is 2. The van der Waals surface area contributed by atoms with E-state index in [-0.39, 0.29) is 5.41 Å². The number of nitrogens with zero attached hydrogens (tertiary/aromatic N) is 1. The lowest BCUT2D eigenvalue weighted by Gasteiger charge is -2.21. The Morgan fingerprint density at radius 1 is 1.44 bits per heavy atom. The number of thiophene rings is 1. The molecule has 0 saturated carbocycles. The summed E-state index contributed by atoms with van der Waals surface area (Å²) >= 11 is 10.6. The third kappa shape index (κ3) is 3.08. The minimum Gasteiger partial charge on any atom is -0.345 e. The Morgan fingerprint density at radius 3 is 2.72 bits per heavy atom. The second-order valence-corrected chi connectivity index (χ2v) is 7.40. The lowest BCUT2D eigenvalue weighted by molar-refractivity contribution is 0.558. The van der Waals surface area contributed by atoms with Crippen LogP contribution in [0.15, 0.2) is 22.0 Å². The van der Waals surface area contributed by atoms with Crippen molar-refractivity contribution in [3.63, 3.8) is 0 Å². The minimum atomic E-state index is 0.0134. The summed E-state index contributed by atoms with van der Waals surface area (Å²) < 4.78 is 1.53. The molecule has 0 amide bonds. The van der Waals surface area contributed by atoms with Crippen molar-refractivity contribution in [2.45, 2.75) is 32.6 Å². The van der Waals surface area contributed by atoms with Gasteiger partial charge in [-0.15, -0.1) is 11.3 Å². The van der Waals surface area contributed by atoms with Gasteiger partial charge in [-0.2, -0.15) is 0 Å². The highest BCUT2D eigenvalue weighted by Gasteiger charge is 2.20. The fourth-order valence-corrected chi connectivity index (χ4v) is 3.39.